The lowest BCUT2D eigenvalue weighted by Crippen LogP contribution is -2.27. The number of hydrogen-bond donors (Lipinski definition) is 0. The topological polar surface area (TPSA) is 92.5 Å². The maximum Gasteiger partial charge on any atom is 0.349 e. The van der Waals surface area contributed by atoms with Gasteiger partial charge in [-0.25, -0.2) is 0 Å². The third-order valence-electron chi connectivity index (χ3n) is 14.2. The zero-order valence-electron chi connectivity index (χ0n) is 35.0. The van der Waals surface area contributed by atoms with Gasteiger partial charge < -0.3 is 27.1 Å². The Bertz CT molecular complexity index is 1090. The van der Waals surface area contributed by atoms with E-state index in [0.29, 0.717) is 35.5 Å². The van der Waals surface area contributed by atoms with Crippen LogP contribution in [0.4, 0.5) is 0 Å². The molecule has 1 heterocycles. The fourth-order valence-corrected chi connectivity index (χ4v) is 20.6. The Morgan fingerprint density at radius 2 is 0.370 bits per heavy atom. The number of nitrogens with zero attached hydrogens (tertiary/aromatic N) is 3. The fraction of sp³-hybridized carbons (Fsp3) is 1.00. The highest BCUT2D eigenvalue weighted by molar-refractivity contribution is 7.78. The summed E-state index contributed by atoms with van der Waals surface area (Å²) in [5, 5.41) is 0. The molecule has 6 fully saturated rings. The molecule has 0 aromatic rings. The Labute approximate surface area is 330 Å². The lowest BCUT2D eigenvalue weighted by atomic mass is 9.89. The van der Waals surface area contributed by atoms with E-state index in [0.717, 1.165) is 154 Å². The highest BCUT2D eigenvalue weighted by Gasteiger charge is 2.49. The Morgan fingerprint density at radius 1 is 0.241 bits per heavy atom. The van der Waals surface area contributed by atoms with Gasteiger partial charge in [-0.3, -0.25) is 0 Å². The molecule has 0 aromatic carbocycles. The van der Waals surface area contributed by atoms with E-state index in [1.54, 1.807) is 0 Å². The predicted octanol–water partition coefficient (Wildman–Crippen LogP) is 15.4. The van der Waals surface area contributed by atoms with E-state index in [1.165, 1.54) is 0 Å². The summed E-state index contributed by atoms with van der Waals surface area (Å²) < 4.78 is 62.1. The zero-order valence-corrected chi connectivity index (χ0v) is 37.7. The Morgan fingerprint density at radius 3 is 0.500 bits per heavy atom. The van der Waals surface area contributed by atoms with E-state index in [4.69, 9.17) is 40.7 Å². The summed E-state index contributed by atoms with van der Waals surface area (Å²) in [5.74, 6) is 4.23. The second kappa shape index (κ2) is 19.2. The van der Waals surface area contributed by atoms with Crippen LogP contribution < -0.4 is 0 Å². The van der Waals surface area contributed by atoms with Gasteiger partial charge in [-0.05, 0) is 190 Å². The molecule has 0 amide bonds. The van der Waals surface area contributed by atoms with Gasteiger partial charge in [0.2, 0.25) is 0 Å². The first kappa shape index (κ1) is 42.6. The predicted molar refractivity (Wildman–Crippen MR) is 223 cm³/mol. The van der Waals surface area contributed by atoms with Crippen molar-refractivity contribution in [2.24, 2.45) is 49.1 Å². The third-order valence-corrected chi connectivity index (χ3v) is 23.0. The largest absolute Gasteiger partial charge is 0.349 e. The van der Waals surface area contributed by atoms with Crippen LogP contribution in [0.15, 0.2) is 13.5 Å². The Hall–Kier alpha value is 0.450. The van der Waals surface area contributed by atoms with Crippen LogP contribution in [0, 0.1) is 35.5 Å². The van der Waals surface area contributed by atoms with Crippen LogP contribution in [0.5, 0.6) is 0 Å². The van der Waals surface area contributed by atoms with Gasteiger partial charge in [0.15, 0.2) is 0 Å². The highest BCUT2D eigenvalue weighted by atomic mass is 31.3. The van der Waals surface area contributed by atoms with Gasteiger partial charge in [-0.1, -0.05) is 41.5 Å². The van der Waals surface area contributed by atoms with Gasteiger partial charge in [-0.15, -0.1) is 13.5 Å². The molecule has 0 saturated heterocycles. The first-order chi connectivity index (χ1) is 26.0. The molecule has 312 valence electrons. The molecule has 7 rings (SSSR count). The van der Waals surface area contributed by atoms with Gasteiger partial charge in [0.05, 0.1) is 36.6 Å². The summed E-state index contributed by atoms with van der Waals surface area (Å²) in [7, 11) is -10.1. The normalized spacial score (nSPS) is 47.9. The van der Waals surface area contributed by atoms with E-state index in [9.17, 15) is 0 Å². The molecule has 0 atom stereocenters. The molecular formula is C42H78N3O6P3. The first-order valence-electron chi connectivity index (χ1n) is 23.0. The van der Waals surface area contributed by atoms with Gasteiger partial charge in [0.1, 0.15) is 0 Å². The lowest BCUT2D eigenvalue weighted by molar-refractivity contribution is 0.0685. The van der Waals surface area contributed by atoms with Crippen LogP contribution in [0.3, 0.4) is 0 Å². The van der Waals surface area contributed by atoms with Crippen molar-refractivity contribution in [1.82, 2.24) is 0 Å². The van der Waals surface area contributed by atoms with Crippen molar-refractivity contribution in [2.45, 2.75) is 232 Å². The molecule has 0 radical (unpaired) electrons. The maximum absolute atomic E-state index is 7.46. The molecule has 1 aliphatic heterocycles. The molecule has 0 spiro atoms. The minimum atomic E-state index is -3.37. The number of rotatable bonds is 12. The molecule has 0 unspecified atom stereocenters. The van der Waals surface area contributed by atoms with Gasteiger partial charge in [0.25, 0.3) is 0 Å². The molecule has 12 heteroatoms. The van der Waals surface area contributed by atoms with Gasteiger partial charge in [-0.2, -0.15) is 0 Å². The third kappa shape index (κ3) is 11.8. The Kier molecular flexibility index (Phi) is 15.2. The lowest BCUT2D eigenvalue weighted by Gasteiger charge is -2.42. The summed E-state index contributed by atoms with van der Waals surface area (Å²) in [6.45, 7) is 14.2. The van der Waals surface area contributed by atoms with Crippen LogP contribution in [0.1, 0.15) is 196 Å². The average molecular weight is 814 g/mol. The monoisotopic (exact) mass is 814 g/mol. The van der Waals surface area contributed by atoms with E-state index in [2.05, 4.69) is 41.5 Å². The summed E-state index contributed by atoms with van der Waals surface area (Å²) in [5.41, 5.74) is 0. The van der Waals surface area contributed by atoms with Crippen molar-refractivity contribution in [2.75, 3.05) is 0 Å². The van der Waals surface area contributed by atoms with Crippen LogP contribution in [0.25, 0.3) is 0 Å². The Balaban J connectivity index is 1.38. The van der Waals surface area contributed by atoms with Crippen LogP contribution in [0.2, 0.25) is 0 Å². The van der Waals surface area contributed by atoms with E-state index >= 15 is 0 Å². The highest BCUT2D eigenvalue weighted by Crippen LogP contribution is 2.83. The second-order valence-corrected chi connectivity index (χ2v) is 26.0. The quantitative estimate of drug-likeness (QED) is 0.182. The molecule has 0 bridgehead atoms. The maximum atomic E-state index is 7.46. The van der Waals surface area contributed by atoms with Crippen molar-refractivity contribution in [3.05, 3.63) is 0 Å². The molecule has 7 aliphatic rings. The molecular weight excluding hydrogens is 735 g/mol. The van der Waals surface area contributed by atoms with Crippen LogP contribution >= 0.6 is 23.0 Å². The number of hydrogen-bond acceptors (Lipinski definition) is 9. The molecule has 9 nitrogen and oxygen atoms in total. The van der Waals surface area contributed by atoms with Gasteiger partial charge in [0, 0.05) is 0 Å². The van der Waals surface area contributed by atoms with Gasteiger partial charge >= 0.3 is 23.0 Å². The molecule has 54 heavy (non-hydrogen) atoms. The minimum Gasteiger partial charge on any atom is -0.303 e. The average Bonchev–Trinajstić information content (AvgIpc) is 3.14. The van der Waals surface area contributed by atoms with E-state index in [1.807, 2.05) is 0 Å². The summed E-state index contributed by atoms with van der Waals surface area (Å²) in [6, 6.07) is 0. The smallest absolute Gasteiger partial charge is 0.303 e. The molecule has 0 N–H and O–H groups in total. The van der Waals surface area contributed by atoms with E-state index < -0.39 is 23.0 Å². The summed E-state index contributed by atoms with van der Waals surface area (Å²) in [6.07, 6.45) is 26.0. The van der Waals surface area contributed by atoms with Crippen molar-refractivity contribution in [3.63, 3.8) is 0 Å². The molecule has 6 saturated carbocycles. The van der Waals surface area contributed by atoms with Crippen molar-refractivity contribution in [3.8, 4) is 0 Å². The molecule has 6 aliphatic carbocycles. The van der Waals surface area contributed by atoms with Crippen molar-refractivity contribution in [1.29, 1.82) is 0 Å². The zero-order chi connectivity index (χ0) is 37.8. The van der Waals surface area contributed by atoms with Crippen LogP contribution in [-0.2, 0) is 27.1 Å². The fourth-order valence-electron chi connectivity index (χ4n) is 9.98. The summed E-state index contributed by atoms with van der Waals surface area (Å²) in [4.78, 5) is 0. The van der Waals surface area contributed by atoms with Crippen molar-refractivity contribution < 1.29 is 27.1 Å². The molecule has 0 aromatic heterocycles. The minimum absolute atomic E-state index is 0.0311. The standard InChI is InChI=1S/C42H78N3O6P3/c1-31-7-19-37(20-8-31)46-52(47-38-21-9-32(2)10-22-38)43-53(48-39-23-11-33(3)12-24-39,49-40-25-13-34(4)14-26-40)45-54(44-52,50-41-27-15-35(5)16-28-41)51-42-29-17-36(6)18-30-42/h31-42H,7-30H2,1-6H3. The van der Waals surface area contributed by atoms with E-state index in [-0.39, 0.29) is 36.6 Å². The van der Waals surface area contributed by atoms with Crippen LogP contribution in [-0.4, -0.2) is 36.6 Å². The summed E-state index contributed by atoms with van der Waals surface area (Å²) >= 11 is 0. The van der Waals surface area contributed by atoms with Crippen molar-refractivity contribution >= 4 is 23.0 Å². The SMILES string of the molecule is CC1CCC(OP2(OC3CCC(C)CC3)=NP(OC3CCC(C)CC3)(OC3CCC(C)CC3)=NP(OC3CCC(C)CC3)(OC3CCC(C)CC3)=N2)CC1. The second-order valence-electron chi connectivity index (χ2n) is 19.7. The first-order valence-corrected chi connectivity index (χ1v) is 27.6.